The van der Waals surface area contributed by atoms with Crippen LogP contribution >= 0.6 is 23.2 Å². The maximum absolute atomic E-state index is 13.0. The molecule has 9 heteroatoms. The van der Waals surface area contributed by atoms with E-state index >= 15 is 0 Å². The van der Waals surface area contributed by atoms with Crippen molar-refractivity contribution in [2.24, 2.45) is 0 Å². The third-order valence-corrected chi connectivity index (χ3v) is 7.38. The maximum atomic E-state index is 13.0. The number of benzene rings is 1. The van der Waals surface area contributed by atoms with Crippen LogP contribution in [0, 0.1) is 0 Å². The molecule has 0 aliphatic carbocycles. The average molecular weight is 475 g/mol. The van der Waals surface area contributed by atoms with Gasteiger partial charge < -0.3 is 20.0 Å². The van der Waals surface area contributed by atoms with Crippen LogP contribution in [-0.4, -0.2) is 64.9 Å². The predicted molar refractivity (Wildman–Crippen MR) is 128 cm³/mol. The predicted octanol–water partition coefficient (Wildman–Crippen LogP) is 4.57. The van der Waals surface area contributed by atoms with E-state index in [0.29, 0.717) is 34.7 Å². The Balaban J connectivity index is 1.39. The lowest BCUT2D eigenvalue weighted by atomic mass is 9.97. The van der Waals surface area contributed by atoms with Crippen molar-refractivity contribution < 1.29 is 4.79 Å². The smallest absolute Gasteiger partial charge is 0.256 e. The SMILES string of the molecule is CN1Cc2c(N3CCC(N4CCCCC4)CC3)ccc(Nc3nc(Cl)ncc3Cl)c2C1=O. The number of piperidine rings is 2. The summed E-state index contributed by atoms with van der Waals surface area (Å²) in [6, 6.07) is 4.76. The zero-order valence-corrected chi connectivity index (χ0v) is 19.8. The van der Waals surface area contributed by atoms with Gasteiger partial charge in [-0.1, -0.05) is 18.0 Å². The normalized spacial score (nSPS) is 20.0. The monoisotopic (exact) mass is 474 g/mol. The molecule has 2 saturated heterocycles. The van der Waals surface area contributed by atoms with Crippen molar-refractivity contribution in [3.8, 4) is 0 Å². The van der Waals surface area contributed by atoms with Crippen molar-refractivity contribution >= 4 is 46.3 Å². The third-order valence-electron chi connectivity index (χ3n) is 6.92. The summed E-state index contributed by atoms with van der Waals surface area (Å²) in [5.74, 6) is 0.398. The molecular weight excluding hydrogens is 447 g/mol. The molecule has 4 heterocycles. The van der Waals surface area contributed by atoms with E-state index in [0.717, 1.165) is 24.3 Å². The number of aromatic nitrogens is 2. The Morgan fingerprint density at radius 3 is 2.56 bits per heavy atom. The van der Waals surface area contributed by atoms with E-state index in [4.69, 9.17) is 23.2 Å². The van der Waals surface area contributed by atoms with E-state index in [1.165, 1.54) is 51.4 Å². The van der Waals surface area contributed by atoms with Crippen LogP contribution in [0.5, 0.6) is 0 Å². The second-order valence-corrected chi connectivity index (χ2v) is 9.67. The molecule has 0 bridgehead atoms. The number of likely N-dealkylation sites (tertiary alicyclic amines) is 1. The van der Waals surface area contributed by atoms with Gasteiger partial charge >= 0.3 is 0 Å². The number of hydrogen-bond acceptors (Lipinski definition) is 6. The van der Waals surface area contributed by atoms with Gasteiger partial charge in [-0.2, -0.15) is 4.98 Å². The Kier molecular flexibility index (Phi) is 6.14. The minimum atomic E-state index is 0.00354. The first-order valence-corrected chi connectivity index (χ1v) is 12.1. The molecule has 2 fully saturated rings. The summed E-state index contributed by atoms with van der Waals surface area (Å²) in [7, 11) is 1.84. The topological polar surface area (TPSA) is 64.6 Å². The number of nitrogens with zero attached hydrogens (tertiary/aromatic N) is 5. The number of anilines is 3. The summed E-state index contributed by atoms with van der Waals surface area (Å²) < 4.78 is 0. The molecule has 0 saturated carbocycles. The molecule has 0 radical (unpaired) electrons. The molecule has 1 aromatic carbocycles. The van der Waals surface area contributed by atoms with Gasteiger partial charge in [0.25, 0.3) is 5.91 Å². The van der Waals surface area contributed by atoms with Gasteiger partial charge in [0.05, 0.1) is 17.4 Å². The van der Waals surface area contributed by atoms with Gasteiger partial charge in [-0.05, 0) is 62.5 Å². The van der Waals surface area contributed by atoms with Crippen LogP contribution in [0.15, 0.2) is 18.3 Å². The molecule has 5 rings (SSSR count). The van der Waals surface area contributed by atoms with Gasteiger partial charge in [0.1, 0.15) is 5.02 Å². The van der Waals surface area contributed by atoms with Crippen LogP contribution in [0.3, 0.4) is 0 Å². The summed E-state index contributed by atoms with van der Waals surface area (Å²) >= 11 is 12.2. The van der Waals surface area contributed by atoms with Crippen molar-refractivity contribution in [3.63, 3.8) is 0 Å². The Morgan fingerprint density at radius 1 is 1.06 bits per heavy atom. The zero-order chi connectivity index (χ0) is 22.2. The molecule has 1 N–H and O–H groups in total. The van der Waals surface area contributed by atoms with E-state index in [1.54, 1.807) is 4.90 Å². The molecule has 170 valence electrons. The van der Waals surface area contributed by atoms with E-state index in [-0.39, 0.29) is 11.2 Å². The number of fused-ring (bicyclic) bond motifs is 1. The van der Waals surface area contributed by atoms with Crippen LogP contribution in [0.2, 0.25) is 10.3 Å². The Bertz CT molecular complexity index is 1020. The van der Waals surface area contributed by atoms with E-state index in [2.05, 4.69) is 31.2 Å². The number of nitrogens with one attached hydrogen (secondary N) is 1. The molecule has 1 amide bonds. The quantitative estimate of drug-likeness (QED) is 0.654. The fourth-order valence-corrected chi connectivity index (χ4v) is 5.53. The number of halogens is 2. The van der Waals surface area contributed by atoms with Crippen molar-refractivity contribution in [1.82, 2.24) is 19.8 Å². The number of amides is 1. The highest BCUT2D eigenvalue weighted by Crippen LogP contribution is 2.39. The Labute approximate surface area is 198 Å². The highest BCUT2D eigenvalue weighted by atomic mass is 35.5. The molecule has 3 aliphatic rings. The van der Waals surface area contributed by atoms with Crippen LogP contribution in [0.25, 0.3) is 0 Å². The highest BCUT2D eigenvalue weighted by molar-refractivity contribution is 6.33. The van der Waals surface area contributed by atoms with Gasteiger partial charge in [-0.15, -0.1) is 0 Å². The molecule has 0 spiro atoms. The molecule has 1 aromatic heterocycles. The lowest BCUT2D eigenvalue weighted by molar-refractivity contribution is 0.0817. The minimum Gasteiger partial charge on any atom is -0.371 e. The summed E-state index contributed by atoms with van der Waals surface area (Å²) in [5, 5.41) is 3.66. The first-order chi connectivity index (χ1) is 15.5. The van der Waals surface area contributed by atoms with Crippen LogP contribution in [0.4, 0.5) is 17.2 Å². The summed E-state index contributed by atoms with van der Waals surface area (Å²) in [5.41, 5.74) is 3.61. The Hall–Kier alpha value is -2.09. The van der Waals surface area contributed by atoms with Crippen LogP contribution in [0.1, 0.15) is 48.0 Å². The first kappa shape index (κ1) is 21.7. The summed E-state index contributed by atoms with van der Waals surface area (Å²) in [6.07, 6.45) is 7.84. The maximum Gasteiger partial charge on any atom is 0.256 e. The molecular formula is C23H28Cl2N6O. The fourth-order valence-electron chi connectivity index (χ4n) is 5.26. The van der Waals surface area contributed by atoms with E-state index in [1.807, 2.05) is 13.1 Å². The second-order valence-electron chi connectivity index (χ2n) is 8.92. The molecule has 7 nitrogen and oxygen atoms in total. The lowest BCUT2D eigenvalue weighted by Crippen LogP contribution is -2.47. The van der Waals surface area contributed by atoms with Crippen molar-refractivity contribution in [1.29, 1.82) is 0 Å². The number of carbonyl (C=O) groups is 1. The molecule has 3 aliphatic heterocycles. The molecule has 32 heavy (non-hydrogen) atoms. The van der Waals surface area contributed by atoms with Crippen molar-refractivity contribution in [2.45, 2.75) is 44.7 Å². The number of hydrogen-bond donors (Lipinski definition) is 1. The van der Waals surface area contributed by atoms with Gasteiger partial charge in [0.15, 0.2) is 5.82 Å². The average Bonchev–Trinajstić information content (AvgIpc) is 3.12. The van der Waals surface area contributed by atoms with Crippen LogP contribution < -0.4 is 10.2 Å². The molecule has 0 atom stereocenters. The van der Waals surface area contributed by atoms with Gasteiger partial charge in [0.2, 0.25) is 5.28 Å². The molecule has 0 unspecified atom stereocenters. The summed E-state index contributed by atoms with van der Waals surface area (Å²) in [6.45, 7) is 5.13. The minimum absolute atomic E-state index is 0.00354. The lowest BCUT2D eigenvalue weighted by Gasteiger charge is -2.41. The largest absolute Gasteiger partial charge is 0.371 e. The summed E-state index contributed by atoms with van der Waals surface area (Å²) in [4.78, 5) is 28.0. The Morgan fingerprint density at radius 2 is 1.81 bits per heavy atom. The van der Waals surface area contributed by atoms with E-state index < -0.39 is 0 Å². The van der Waals surface area contributed by atoms with Gasteiger partial charge in [0, 0.05) is 44.0 Å². The zero-order valence-electron chi connectivity index (χ0n) is 18.3. The number of rotatable bonds is 4. The van der Waals surface area contributed by atoms with Crippen LogP contribution in [-0.2, 0) is 6.54 Å². The first-order valence-electron chi connectivity index (χ1n) is 11.4. The third kappa shape index (κ3) is 4.14. The van der Waals surface area contributed by atoms with Gasteiger partial charge in [-0.25, -0.2) is 4.98 Å². The highest BCUT2D eigenvalue weighted by Gasteiger charge is 2.33. The number of carbonyl (C=O) groups excluding carboxylic acids is 1. The second kappa shape index (κ2) is 9.04. The van der Waals surface area contributed by atoms with Crippen molar-refractivity contribution in [3.05, 3.63) is 39.8 Å². The van der Waals surface area contributed by atoms with Crippen molar-refractivity contribution in [2.75, 3.05) is 43.4 Å². The standard InChI is InChI=1S/C23H28Cl2N6O/c1-29-14-16-19(31-11-7-15(8-12-31)30-9-3-2-4-10-30)6-5-18(20(16)22(29)32)27-21-17(24)13-26-23(25)28-21/h5-6,13,15H,2-4,7-12,14H2,1H3,(H,26,27,28). The van der Waals surface area contributed by atoms with Gasteiger partial charge in [-0.3, -0.25) is 4.79 Å². The molecule has 2 aromatic rings. The fraction of sp³-hybridized carbons (Fsp3) is 0.522. The van der Waals surface area contributed by atoms with E-state index in [9.17, 15) is 4.79 Å².